The molecule has 1 N–H and O–H groups in total. The number of carbonyl (C=O) groups is 1. The molecule has 0 unspecified atom stereocenters. The third-order valence-corrected chi connectivity index (χ3v) is 5.70. The standard InChI is InChI=1S/C20H12Br2N2O2S/c21-13-3-1-12(2-4-13)17-10-9-16(26-17)11-18-19(25)24-20(27-18)23-15-7-5-14(22)6-8-15/h1-11H,(H,23,24,25)/b18-11-. The van der Waals surface area contributed by atoms with E-state index in [4.69, 9.17) is 4.42 Å². The van der Waals surface area contributed by atoms with E-state index in [-0.39, 0.29) is 5.91 Å². The molecule has 1 aromatic heterocycles. The molecular weight excluding hydrogens is 492 g/mol. The van der Waals surface area contributed by atoms with Gasteiger partial charge in [-0.25, -0.2) is 4.99 Å². The molecular formula is C20H12Br2N2O2S. The van der Waals surface area contributed by atoms with Gasteiger partial charge < -0.3 is 9.73 Å². The lowest BCUT2D eigenvalue weighted by Gasteiger charge is -1.97. The number of rotatable bonds is 3. The summed E-state index contributed by atoms with van der Waals surface area (Å²) in [6, 6.07) is 19.2. The summed E-state index contributed by atoms with van der Waals surface area (Å²) in [5.74, 6) is 1.19. The molecule has 1 fully saturated rings. The molecule has 1 amide bonds. The van der Waals surface area contributed by atoms with Gasteiger partial charge in [0.15, 0.2) is 5.17 Å². The average Bonchev–Trinajstić information content (AvgIpc) is 3.25. The minimum absolute atomic E-state index is 0.183. The highest BCUT2D eigenvalue weighted by Gasteiger charge is 2.24. The third kappa shape index (κ3) is 4.43. The van der Waals surface area contributed by atoms with E-state index < -0.39 is 0 Å². The van der Waals surface area contributed by atoms with Crippen molar-refractivity contribution in [2.75, 3.05) is 0 Å². The maximum atomic E-state index is 12.2. The van der Waals surface area contributed by atoms with Crippen molar-refractivity contribution in [1.29, 1.82) is 0 Å². The normalized spacial score (nSPS) is 16.9. The molecule has 1 aliphatic rings. The summed E-state index contributed by atoms with van der Waals surface area (Å²) >= 11 is 8.10. The van der Waals surface area contributed by atoms with Crippen molar-refractivity contribution >= 4 is 66.5 Å². The number of carbonyl (C=O) groups excluding carboxylic acids is 1. The Balaban J connectivity index is 1.53. The molecule has 0 atom stereocenters. The van der Waals surface area contributed by atoms with Gasteiger partial charge in [0.25, 0.3) is 5.91 Å². The number of halogens is 2. The molecule has 0 bridgehead atoms. The molecule has 3 aromatic rings. The quantitative estimate of drug-likeness (QED) is 0.423. The Kier molecular flexibility index (Phi) is 5.33. The monoisotopic (exact) mass is 502 g/mol. The lowest BCUT2D eigenvalue weighted by Crippen LogP contribution is -2.19. The molecule has 134 valence electrons. The van der Waals surface area contributed by atoms with Crippen LogP contribution in [-0.2, 0) is 4.79 Å². The summed E-state index contributed by atoms with van der Waals surface area (Å²) in [4.78, 5) is 17.2. The van der Waals surface area contributed by atoms with Crippen LogP contribution in [0.5, 0.6) is 0 Å². The largest absolute Gasteiger partial charge is 0.457 e. The first-order valence-electron chi connectivity index (χ1n) is 7.98. The average molecular weight is 504 g/mol. The minimum Gasteiger partial charge on any atom is -0.457 e. The predicted molar refractivity (Wildman–Crippen MR) is 117 cm³/mol. The van der Waals surface area contributed by atoms with Crippen LogP contribution in [-0.4, -0.2) is 11.1 Å². The molecule has 1 saturated heterocycles. The minimum atomic E-state index is -0.183. The number of amidine groups is 1. The van der Waals surface area contributed by atoms with Gasteiger partial charge in [0.05, 0.1) is 10.6 Å². The number of benzene rings is 2. The zero-order chi connectivity index (χ0) is 18.8. The van der Waals surface area contributed by atoms with Crippen LogP contribution >= 0.6 is 43.6 Å². The second-order valence-electron chi connectivity index (χ2n) is 5.67. The molecule has 0 saturated carbocycles. The SMILES string of the molecule is O=C1NC(=Nc2ccc(Br)cc2)S/C1=C\c1ccc(-c2ccc(Br)cc2)o1. The highest BCUT2D eigenvalue weighted by Crippen LogP contribution is 2.30. The van der Waals surface area contributed by atoms with Crippen LogP contribution in [0.25, 0.3) is 17.4 Å². The van der Waals surface area contributed by atoms with Crippen LogP contribution in [0, 0.1) is 0 Å². The number of aliphatic imine (C=N–C) groups is 1. The molecule has 0 aliphatic carbocycles. The first-order chi connectivity index (χ1) is 13.1. The Bertz CT molecular complexity index is 1050. The fourth-order valence-corrected chi connectivity index (χ4v) is 3.79. The second kappa shape index (κ2) is 7.88. The smallest absolute Gasteiger partial charge is 0.264 e. The summed E-state index contributed by atoms with van der Waals surface area (Å²) in [6.07, 6.45) is 1.73. The number of thioether (sulfide) groups is 1. The summed E-state index contributed by atoms with van der Waals surface area (Å²) in [5, 5.41) is 3.33. The van der Waals surface area contributed by atoms with Crippen LogP contribution < -0.4 is 5.32 Å². The topological polar surface area (TPSA) is 54.6 Å². The summed E-state index contributed by atoms with van der Waals surface area (Å²) in [5.41, 5.74) is 1.75. The fraction of sp³-hybridized carbons (Fsp3) is 0. The maximum absolute atomic E-state index is 12.2. The van der Waals surface area contributed by atoms with E-state index in [1.807, 2.05) is 60.7 Å². The van der Waals surface area contributed by atoms with E-state index >= 15 is 0 Å². The Morgan fingerprint density at radius 1 is 0.926 bits per heavy atom. The van der Waals surface area contributed by atoms with E-state index in [0.29, 0.717) is 15.8 Å². The molecule has 4 rings (SSSR count). The molecule has 0 spiro atoms. The van der Waals surface area contributed by atoms with Crippen molar-refractivity contribution in [3.05, 3.63) is 80.3 Å². The highest BCUT2D eigenvalue weighted by atomic mass is 79.9. The maximum Gasteiger partial charge on any atom is 0.264 e. The highest BCUT2D eigenvalue weighted by molar-refractivity contribution is 9.10. The molecule has 7 heteroatoms. The number of nitrogens with zero attached hydrogens (tertiary/aromatic N) is 1. The molecule has 2 heterocycles. The van der Waals surface area contributed by atoms with E-state index in [2.05, 4.69) is 42.2 Å². The van der Waals surface area contributed by atoms with Gasteiger partial charge in [0.1, 0.15) is 11.5 Å². The molecule has 4 nitrogen and oxygen atoms in total. The Morgan fingerprint density at radius 3 is 2.30 bits per heavy atom. The van der Waals surface area contributed by atoms with Gasteiger partial charge in [-0.1, -0.05) is 44.0 Å². The summed E-state index contributed by atoms with van der Waals surface area (Å²) < 4.78 is 7.85. The van der Waals surface area contributed by atoms with Gasteiger partial charge in [0.2, 0.25) is 0 Å². The molecule has 27 heavy (non-hydrogen) atoms. The van der Waals surface area contributed by atoms with Gasteiger partial charge in [-0.05, 0) is 60.3 Å². The van der Waals surface area contributed by atoms with Crippen molar-refractivity contribution in [2.24, 2.45) is 4.99 Å². The Hall–Kier alpha value is -2.09. The van der Waals surface area contributed by atoms with Crippen LogP contribution in [0.3, 0.4) is 0 Å². The lowest BCUT2D eigenvalue weighted by atomic mass is 10.2. The van der Waals surface area contributed by atoms with E-state index in [1.165, 1.54) is 11.8 Å². The van der Waals surface area contributed by atoms with Gasteiger partial charge in [-0.15, -0.1) is 0 Å². The fourth-order valence-electron chi connectivity index (χ4n) is 2.44. The Morgan fingerprint density at radius 2 is 1.59 bits per heavy atom. The number of amides is 1. The number of hydrogen-bond acceptors (Lipinski definition) is 4. The summed E-state index contributed by atoms with van der Waals surface area (Å²) in [7, 11) is 0. The number of hydrogen-bond donors (Lipinski definition) is 1. The second-order valence-corrected chi connectivity index (χ2v) is 8.53. The van der Waals surface area contributed by atoms with Crippen molar-refractivity contribution in [1.82, 2.24) is 5.32 Å². The van der Waals surface area contributed by atoms with Crippen molar-refractivity contribution in [3.63, 3.8) is 0 Å². The Labute approximate surface area is 177 Å². The zero-order valence-corrected chi connectivity index (χ0v) is 17.8. The van der Waals surface area contributed by atoms with Crippen molar-refractivity contribution < 1.29 is 9.21 Å². The first-order valence-corrected chi connectivity index (χ1v) is 10.4. The van der Waals surface area contributed by atoms with Gasteiger partial charge in [-0.2, -0.15) is 0 Å². The van der Waals surface area contributed by atoms with Gasteiger partial charge >= 0.3 is 0 Å². The summed E-state index contributed by atoms with van der Waals surface area (Å²) in [6.45, 7) is 0. The number of furan rings is 1. The van der Waals surface area contributed by atoms with Crippen LogP contribution in [0.1, 0.15) is 5.76 Å². The first kappa shape index (κ1) is 18.3. The molecule has 2 aromatic carbocycles. The molecule has 0 radical (unpaired) electrons. The third-order valence-electron chi connectivity index (χ3n) is 3.74. The molecule has 1 aliphatic heterocycles. The van der Waals surface area contributed by atoms with Crippen LogP contribution in [0.2, 0.25) is 0 Å². The van der Waals surface area contributed by atoms with E-state index in [9.17, 15) is 4.79 Å². The van der Waals surface area contributed by atoms with Crippen molar-refractivity contribution in [3.8, 4) is 11.3 Å². The van der Waals surface area contributed by atoms with Crippen LogP contribution in [0.4, 0.5) is 5.69 Å². The van der Waals surface area contributed by atoms with E-state index in [0.717, 1.165) is 26.0 Å². The van der Waals surface area contributed by atoms with Crippen LogP contribution in [0.15, 0.2) is 83.9 Å². The van der Waals surface area contributed by atoms with Crippen molar-refractivity contribution in [2.45, 2.75) is 0 Å². The van der Waals surface area contributed by atoms with E-state index in [1.54, 1.807) is 6.08 Å². The zero-order valence-electron chi connectivity index (χ0n) is 13.8. The van der Waals surface area contributed by atoms with Gasteiger partial charge in [-0.3, -0.25) is 4.79 Å². The lowest BCUT2D eigenvalue weighted by molar-refractivity contribution is -0.115. The predicted octanol–water partition coefficient (Wildman–Crippen LogP) is 6.36. The van der Waals surface area contributed by atoms with Gasteiger partial charge in [0, 0.05) is 20.6 Å². The number of nitrogens with one attached hydrogen (secondary N) is 1.